The molecular weight excluding hydrogens is 192 g/mol. The normalized spacial score (nSPS) is 11.9. The van der Waals surface area contributed by atoms with Crippen LogP contribution in [0.4, 0.5) is 4.79 Å². The van der Waals surface area contributed by atoms with Crippen molar-refractivity contribution in [3.8, 4) is 0 Å². The molecule has 15 heavy (non-hydrogen) atoms. The van der Waals surface area contributed by atoms with E-state index in [9.17, 15) is 4.79 Å². The van der Waals surface area contributed by atoms with Crippen molar-refractivity contribution in [1.82, 2.24) is 5.32 Å². The fourth-order valence-corrected chi connectivity index (χ4v) is 1.28. The Balaban J connectivity index is 2.30. The van der Waals surface area contributed by atoms with E-state index in [-0.39, 0.29) is 6.04 Å². The molecule has 0 saturated carbocycles. The number of ether oxygens (including phenoxy) is 1. The summed E-state index contributed by atoms with van der Waals surface area (Å²) < 4.78 is 4.45. The number of rotatable bonds is 4. The molecule has 0 heterocycles. The van der Waals surface area contributed by atoms with Gasteiger partial charge in [-0.1, -0.05) is 30.3 Å². The van der Waals surface area contributed by atoms with Gasteiger partial charge in [0.1, 0.15) is 0 Å². The van der Waals surface area contributed by atoms with Gasteiger partial charge in [-0.2, -0.15) is 0 Å². The highest BCUT2D eigenvalue weighted by molar-refractivity contribution is 5.66. The Morgan fingerprint density at radius 2 is 2.13 bits per heavy atom. The van der Waals surface area contributed by atoms with Crippen LogP contribution in [0.3, 0.4) is 0 Å². The summed E-state index contributed by atoms with van der Waals surface area (Å²) in [6.45, 7) is 0.418. The van der Waals surface area contributed by atoms with Gasteiger partial charge >= 0.3 is 6.09 Å². The lowest BCUT2D eigenvalue weighted by atomic mass is 10.1. The standard InChI is InChI=1S/C11H16N2O2/c1-15-11(14)13-8-10(12)7-9-5-3-2-4-6-9/h2-6,10H,7-8,12H2,1H3,(H,13,14)/t10-/m1/s1. The maximum atomic E-state index is 10.8. The second-order valence-electron chi connectivity index (χ2n) is 3.32. The fourth-order valence-electron chi connectivity index (χ4n) is 1.28. The summed E-state index contributed by atoms with van der Waals surface area (Å²) in [6.07, 6.45) is 0.295. The second kappa shape index (κ2) is 6.03. The number of carbonyl (C=O) groups is 1. The lowest BCUT2D eigenvalue weighted by molar-refractivity contribution is 0.170. The first kappa shape index (κ1) is 11.5. The molecular formula is C11H16N2O2. The Bertz CT molecular complexity index is 301. The van der Waals surface area contributed by atoms with Gasteiger partial charge in [-0.25, -0.2) is 4.79 Å². The van der Waals surface area contributed by atoms with E-state index in [1.807, 2.05) is 30.3 Å². The zero-order valence-corrected chi connectivity index (χ0v) is 8.77. The zero-order chi connectivity index (χ0) is 11.1. The van der Waals surface area contributed by atoms with Gasteiger partial charge in [0, 0.05) is 12.6 Å². The summed E-state index contributed by atoms with van der Waals surface area (Å²) in [7, 11) is 1.33. The molecule has 0 fully saturated rings. The summed E-state index contributed by atoms with van der Waals surface area (Å²) in [6, 6.07) is 9.83. The molecule has 4 nitrogen and oxygen atoms in total. The monoisotopic (exact) mass is 208 g/mol. The van der Waals surface area contributed by atoms with Crippen LogP contribution >= 0.6 is 0 Å². The average molecular weight is 208 g/mol. The van der Waals surface area contributed by atoms with Crippen molar-refractivity contribution >= 4 is 6.09 Å². The SMILES string of the molecule is COC(=O)NC[C@H](N)Cc1ccccc1. The van der Waals surface area contributed by atoms with Crippen molar-refractivity contribution < 1.29 is 9.53 Å². The van der Waals surface area contributed by atoms with Gasteiger partial charge in [0.2, 0.25) is 0 Å². The number of amides is 1. The molecule has 0 saturated heterocycles. The summed E-state index contributed by atoms with van der Waals surface area (Å²) >= 11 is 0. The van der Waals surface area contributed by atoms with Gasteiger partial charge in [-0.05, 0) is 12.0 Å². The molecule has 1 aromatic rings. The number of nitrogens with one attached hydrogen (secondary N) is 1. The van der Waals surface area contributed by atoms with Gasteiger partial charge in [-0.3, -0.25) is 0 Å². The molecule has 0 aliphatic rings. The van der Waals surface area contributed by atoms with Crippen LogP contribution in [0.5, 0.6) is 0 Å². The molecule has 0 spiro atoms. The molecule has 0 unspecified atom stereocenters. The van der Waals surface area contributed by atoms with Crippen LogP contribution in [0.2, 0.25) is 0 Å². The van der Waals surface area contributed by atoms with E-state index in [1.165, 1.54) is 7.11 Å². The number of hydrogen-bond acceptors (Lipinski definition) is 3. The van der Waals surface area contributed by atoms with Crippen LogP contribution in [0.15, 0.2) is 30.3 Å². The highest BCUT2D eigenvalue weighted by Crippen LogP contribution is 2.01. The summed E-state index contributed by atoms with van der Waals surface area (Å²) in [5.74, 6) is 0. The zero-order valence-electron chi connectivity index (χ0n) is 8.77. The second-order valence-corrected chi connectivity index (χ2v) is 3.32. The lowest BCUT2D eigenvalue weighted by Gasteiger charge is -2.11. The number of carbonyl (C=O) groups excluding carboxylic acids is 1. The Hall–Kier alpha value is -1.55. The van der Waals surface area contributed by atoms with Gasteiger partial charge in [0.25, 0.3) is 0 Å². The molecule has 1 amide bonds. The van der Waals surface area contributed by atoms with Crippen LogP contribution in [0, 0.1) is 0 Å². The van der Waals surface area contributed by atoms with Gasteiger partial charge in [-0.15, -0.1) is 0 Å². The van der Waals surface area contributed by atoms with E-state index in [4.69, 9.17) is 5.73 Å². The molecule has 0 aliphatic carbocycles. The molecule has 1 rings (SSSR count). The Morgan fingerprint density at radius 1 is 1.47 bits per heavy atom. The van der Waals surface area contributed by atoms with E-state index in [1.54, 1.807) is 0 Å². The number of nitrogens with two attached hydrogens (primary N) is 1. The largest absolute Gasteiger partial charge is 0.453 e. The maximum Gasteiger partial charge on any atom is 0.406 e. The minimum atomic E-state index is -0.446. The number of hydrogen-bond donors (Lipinski definition) is 2. The van der Waals surface area contributed by atoms with E-state index < -0.39 is 6.09 Å². The van der Waals surface area contributed by atoms with Crippen molar-refractivity contribution in [3.63, 3.8) is 0 Å². The van der Waals surface area contributed by atoms with Crippen LogP contribution in [-0.2, 0) is 11.2 Å². The average Bonchev–Trinajstić information content (AvgIpc) is 2.27. The maximum absolute atomic E-state index is 10.8. The molecule has 82 valence electrons. The number of methoxy groups -OCH3 is 1. The third kappa shape index (κ3) is 4.46. The first-order chi connectivity index (χ1) is 7.22. The Kier molecular flexibility index (Phi) is 4.63. The van der Waals surface area contributed by atoms with Crippen molar-refractivity contribution in [2.45, 2.75) is 12.5 Å². The first-order valence-corrected chi connectivity index (χ1v) is 4.83. The highest BCUT2D eigenvalue weighted by atomic mass is 16.5. The summed E-state index contributed by atoms with van der Waals surface area (Å²) in [4.78, 5) is 10.8. The molecule has 0 aliphatic heterocycles. The van der Waals surface area contributed by atoms with Crippen molar-refractivity contribution in [2.75, 3.05) is 13.7 Å². The van der Waals surface area contributed by atoms with E-state index >= 15 is 0 Å². The summed E-state index contributed by atoms with van der Waals surface area (Å²) in [5, 5.41) is 2.57. The predicted octanol–water partition coefficient (Wildman–Crippen LogP) is 0.912. The van der Waals surface area contributed by atoms with Crippen molar-refractivity contribution in [1.29, 1.82) is 0 Å². The molecule has 0 aromatic heterocycles. The molecule has 4 heteroatoms. The van der Waals surface area contributed by atoms with Crippen molar-refractivity contribution in [2.24, 2.45) is 5.73 Å². The third-order valence-corrected chi connectivity index (χ3v) is 2.03. The van der Waals surface area contributed by atoms with Gasteiger partial charge in [0.15, 0.2) is 0 Å². The highest BCUT2D eigenvalue weighted by Gasteiger charge is 2.05. The summed E-state index contributed by atoms with van der Waals surface area (Å²) in [5.41, 5.74) is 7.00. The quantitative estimate of drug-likeness (QED) is 0.773. The van der Waals surface area contributed by atoms with E-state index in [2.05, 4.69) is 10.1 Å². The van der Waals surface area contributed by atoms with E-state index in [0.29, 0.717) is 6.54 Å². The lowest BCUT2D eigenvalue weighted by Crippen LogP contribution is -2.38. The number of benzene rings is 1. The topological polar surface area (TPSA) is 64.3 Å². The van der Waals surface area contributed by atoms with Crippen LogP contribution < -0.4 is 11.1 Å². The minimum Gasteiger partial charge on any atom is -0.453 e. The molecule has 0 radical (unpaired) electrons. The fraction of sp³-hybridized carbons (Fsp3) is 0.364. The minimum absolute atomic E-state index is 0.0912. The van der Waals surface area contributed by atoms with Gasteiger partial charge < -0.3 is 15.8 Å². The van der Waals surface area contributed by atoms with Crippen molar-refractivity contribution in [3.05, 3.63) is 35.9 Å². The Morgan fingerprint density at radius 3 is 2.73 bits per heavy atom. The predicted molar refractivity (Wildman–Crippen MR) is 58.5 cm³/mol. The third-order valence-electron chi connectivity index (χ3n) is 2.03. The smallest absolute Gasteiger partial charge is 0.406 e. The number of alkyl carbamates (subject to hydrolysis) is 1. The van der Waals surface area contributed by atoms with Crippen LogP contribution in [-0.4, -0.2) is 25.8 Å². The van der Waals surface area contributed by atoms with Crippen LogP contribution in [0.25, 0.3) is 0 Å². The van der Waals surface area contributed by atoms with Crippen LogP contribution in [0.1, 0.15) is 5.56 Å². The van der Waals surface area contributed by atoms with Gasteiger partial charge in [0.05, 0.1) is 7.11 Å². The Labute approximate surface area is 89.4 Å². The molecule has 1 atom stereocenters. The molecule has 1 aromatic carbocycles. The molecule has 3 N–H and O–H groups in total. The molecule has 0 bridgehead atoms. The first-order valence-electron chi connectivity index (χ1n) is 4.83. The van der Waals surface area contributed by atoms with E-state index in [0.717, 1.165) is 12.0 Å².